The minimum atomic E-state index is -0.216. The predicted molar refractivity (Wildman–Crippen MR) is 130 cm³/mol. The van der Waals surface area contributed by atoms with Crippen LogP contribution in [0.3, 0.4) is 0 Å². The van der Waals surface area contributed by atoms with Crippen LogP contribution >= 0.6 is 15.9 Å². The van der Waals surface area contributed by atoms with Gasteiger partial charge in [0.05, 0.1) is 7.11 Å². The van der Waals surface area contributed by atoms with Crippen LogP contribution < -0.4 is 10.3 Å². The van der Waals surface area contributed by atoms with E-state index in [9.17, 15) is 4.79 Å². The lowest BCUT2D eigenvalue weighted by molar-refractivity contribution is 0.375. The lowest BCUT2D eigenvalue weighted by Gasteiger charge is -2.09. The molecule has 182 valence electrons. The molecule has 0 aliphatic carbocycles. The highest BCUT2D eigenvalue weighted by Crippen LogP contribution is 2.19. The van der Waals surface area contributed by atoms with Crippen LogP contribution in [0.1, 0.15) is 44.3 Å². The maximum Gasteiger partial charge on any atom is 0.286 e. The van der Waals surface area contributed by atoms with E-state index in [-0.39, 0.29) is 5.56 Å². The SMILES string of the molecule is CCCCCn1c2nc(Br)[nH]c2c(=O)n2c(CCCc3nc(-c4ccc(OC)nc4)no3)nnc12. The molecule has 0 saturated carbocycles. The molecule has 5 aromatic heterocycles. The number of hydrogen-bond acceptors (Lipinski definition) is 9. The Hall–Kier alpha value is -3.61. The third kappa shape index (κ3) is 4.55. The molecule has 5 heterocycles. The number of H-pyrrole nitrogens is 1. The van der Waals surface area contributed by atoms with Crippen molar-refractivity contribution in [3.05, 3.63) is 45.1 Å². The number of fused-ring (bicyclic) bond motifs is 2. The van der Waals surface area contributed by atoms with Crippen molar-refractivity contribution in [2.75, 3.05) is 7.11 Å². The zero-order valence-corrected chi connectivity index (χ0v) is 20.9. The van der Waals surface area contributed by atoms with Gasteiger partial charge in [0.2, 0.25) is 23.4 Å². The highest BCUT2D eigenvalue weighted by Gasteiger charge is 2.19. The molecule has 12 nitrogen and oxygen atoms in total. The first kappa shape index (κ1) is 23.1. The summed E-state index contributed by atoms with van der Waals surface area (Å²) in [6, 6.07) is 3.56. The van der Waals surface area contributed by atoms with Crippen molar-refractivity contribution in [3.63, 3.8) is 0 Å². The van der Waals surface area contributed by atoms with Crippen molar-refractivity contribution in [1.29, 1.82) is 0 Å². The topological polar surface area (TPSA) is 142 Å². The fraction of sp³-hybridized carbons (Fsp3) is 0.409. The number of aromatic nitrogens is 9. The van der Waals surface area contributed by atoms with Crippen LogP contribution in [-0.4, -0.2) is 51.4 Å². The summed E-state index contributed by atoms with van der Waals surface area (Å²) in [5, 5.41) is 12.7. The van der Waals surface area contributed by atoms with Crippen molar-refractivity contribution in [3.8, 4) is 17.3 Å². The summed E-state index contributed by atoms with van der Waals surface area (Å²) in [4.78, 5) is 29.3. The molecule has 0 aliphatic heterocycles. The number of hydrogen-bond donors (Lipinski definition) is 1. The van der Waals surface area contributed by atoms with Gasteiger partial charge in [0.25, 0.3) is 5.56 Å². The molecule has 0 radical (unpaired) electrons. The number of aryl methyl sites for hydroxylation is 3. The summed E-state index contributed by atoms with van der Waals surface area (Å²) in [6.07, 6.45) is 6.47. The first-order chi connectivity index (χ1) is 17.1. The standard InChI is InChI=1S/C22H24BrN9O3/c1-3-4-5-11-31-19-17(26-21(23)27-19)20(33)32-14(28-29-22(31)32)7-6-8-16-25-18(30-35-16)13-9-10-15(34-2)24-12-13/h9-10,12H,3-8,11H2,1-2H3,(H,26,27). The van der Waals surface area contributed by atoms with E-state index in [0.29, 0.717) is 70.9 Å². The van der Waals surface area contributed by atoms with Crippen LogP contribution in [0, 0.1) is 0 Å². The molecule has 35 heavy (non-hydrogen) atoms. The summed E-state index contributed by atoms with van der Waals surface area (Å²) >= 11 is 3.35. The molecule has 0 unspecified atom stereocenters. The number of ether oxygens (including phenoxy) is 1. The minimum absolute atomic E-state index is 0.216. The molecule has 0 aromatic carbocycles. The zero-order valence-electron chi connectivity index (χ0n) is 19.4. The van der Waals surface area contributed by atoms with Crippen LogP contribution in [0.15, 0.2) is 32.4 Å². The van der Waals surface area contributed by atoms with Crippen molar-refractivity contribution in [2.24, 2.45) is 0 Å². The Kier molecular flexibility index (Phi) is 6.57. The first-order valence-electron chi connectivity index (χ1n) is 11.4. The summed E-state index contributed by atoms with van der Waals surface area (Å²) in [7, 11) is 1.56. The van der Waals surface area contributed by atoms with E-state index in [2.05, 4.69) is 58.1 Å². The molecule has 0 saturated heterocycles. The summed E-state index contributed by atoms with van der Waals surface area (Å²) in [5.74, 6) is 2.56. The number of nitrogens with one attached hydrogen (secondary N) is 1. The Morgan fingerprint density at radius 1 is 1.14 bits per heavy atom. The van der Waals surface area contributed by atoms with Crippen molar-refractivity contribution in [2.45, 2.75) is 52.0 Å². The molecule has 0 fully saturated rings. The van der Waals surface area contributed by atoms with Crippen LogP contribution in [0.25, 0.3) is 28.3 Å². The summed E-state index contributed by atoms with van der Waals surface area (Å²) < 4.78 is 14.5. The number of rotatable bonds is 10. The van der Waals surface area contributed by atoms with E-state index >= 15 is 0 Å². The molecular weight excluding hydrogens is 518 g/mol. The zero-order chi connectivity index (χ0) is 24.4. The van der Waals surface area contributed by atoms with Gasteiger partial charge >= 0.3 is 0 Å². The second kappa shape index (κ2) is 9.94. The number of aromatic amines is 1. The minimum Gasteiger partial charge on any atom is -0.481 e. The molecule has 5 rings (SSSR count). The summed E-state index contributed by atoms with van der Waals surface area (Å²) in [6.45, 7) is 2.85. The molecule has 5 aromatic rings. The van der Waals surface area contributed by atoms with Gasteiger partial charge in [-0.25, -0.2) is 14.4 Å². The highest BCUT2D eigenvalue weighted by atomic mass is 79.9. The van der Waals surface area contributed by atoms with Gasteiger partial charge in [0, 0.05) is 37.2 Å². The number of unbranched alkanes of at least 4 members (excludes halogenated alkanes) is 2. The number of pyridine rings is 1. The van der Waals surface area contributed by atoms with E-state index in [4.69, 9.17) is 9.26 Å². The lowest BCUT2D eigenvalue weighted by atomic mass is 10.2. The van der Waals surface area contributed by atoms with Gasteiger partial charge < -0.3 is 14.2 Å². The second-order valence-corrected chi connectivity index (χ2v) is 8.85. The van der Waals surface area contributed by atoms with Gasteiger partial charge in [-0.15, -0.1) is 10.2 Å². The Balaban J connectivity index is 1.35. The number of halogens is 1. The molecule has 0 aliphatic rings. The monoisotopic (exact) mass is 541 g/mol. The molecule has 13 heteroatoms. The van der Waals surface area contributed by atoms with Gasteiger partial charge in [-0.1, -0.05) is 24.9 Å². The average Bonchev–Trinajstić information content (AvgIpc) is 3.60. The normalized spacial score (nSPS) is 11.6. The van der Waals surface area contributed by atoms with Crippen molar-refractivity contribution < 1.29 is 9.26 Å². The maximum absolute atomic E-state index is 13.2. The Labute approximate surface area is 207 Å². The van der Waals surface area contributed by atoms with Gasteiger partial charge in [-0.2, -0.15) is 4.98 Å². The van der Waals surface area contributed by atoms with Gasteiger partial charge in [0.15, 0.2) is 15.9 Å². The first-order valence-corrected chi connectivity index (χ1v) is 12.2. The molecule has 0 atom stereocenters. The molecular formula is C22H24BrN9O3. The van der Waals surface area contributed by atoms with E-state index < -0.39 is 0 Å². The van der Waals surface area contributed by atoms with Crippen LogP contribution in [0.2, 0.25) is 0 Å². The number of imidazole rings is 1. The Morgan fingerprint density at radius 2 is 2.03 bits per heavy atom. The molecule has 1 N–H and O–H groups in total. The van der Waals surface area contributed by atoms with Gasteiger partial charge in [0.1, 0.15) is 5.82 Å². The number of nitrogens with zero attached hydrogens (tertiary/aromatic N) is 8. The van der Waals surface area contributed by atoms with E-state index in [1.807, 2.05) is 10.6 Å². The predicted octanol–water partition coefficient (Wildman–Crippen LogP) is 3.35. The largest absolute Gasteiger partial charge is 0.481 e. The third-order valence-electron chi connectivity index (χ3n) is 5.73. The van der Waals surface area contributed by atoms with Crippen molar-refractivity contribution in [1.82, 2.24) is 44.3 Å². The molecule has 0 spiro atoms. The van der Waals surface area contributed by atoms with E-state index in [1.165, 1.54) is 0 Å². The van der Waals surface area contributed by atoms with Gasteiger partial charge in [-0.05, 0) is 34.8 Å². The molecule has 0 bridgehead atoms. The highest BCUT2D eigenvalue weighted by molar-refractivity contribution is 9.10. The fourth-order valence-corrected chi connectivity index (χ4v) is 4.34. The van der Waals surface area contributed by atoms with Gasteiger partial charge in [-0.3, -0.25) is 9.36 Å². The fourth-order valence-electron chi connectivity index (χ4n) is 3.97. The Morgan fingerprint density at radius 3 is 2.80 bits per heavy atom. The van der Waals surface area contributed by atoms with E-state index in [0.717, 1.165) is 24.8 Å². The van der Waals surface area contributed by atoms with Crippen molar-refractivity contribution >= 4 is 32.9 Å². The lowest BCUT2D eigenvalue weighted by Crippen LogP contribution is -2.21. The maximum atomic E-state index is 13.2. The second-order valence-electron chi connectivity index (χ2n) is 8.10. The smallest absolute Gasteiger partial charge is 0.286 e. The van der Waals surface area contributed by atoms with Crippen LogP contribution in [-0.2, 0) is 19.4 Å². The molecule has 0 amide bonds. The third-order valence-corrected chi connectivity index (χ3v) is 6.11. The van der Waals surface area contributed by atoms with Crippen LogP contribution in [0.4, 0.5) is 0 Å². The van der Waals surface area contributed by atoms with E-state index in [1.54, 1.807) is 23.8 Å². The average molecular weight is 542 g/mol. The summed E-state index contributed by atoms with van der Waals surface area (Å²) in [5.41, 5.74) is 1.53. The Bertz CT molecular complexity index is 1520. The quantitative estimate of drug-likeness (QED) is 0.208. The number of methoxy groups -OCH3 is 1. The van der Waals surface area contributed by atoms with Crippen LogP contribution in [0.5, 0.6) is 5.88 Å².